The van der Waals surface area contributed by atoms with E-state index in [0.29, 0.717) is 12.8 Å². The van der Waals surface area contributed by atoms with E-state index in [1.165, 1.54) is 6.92 Å². The van der Waals surface area contributed by atoms with Crippen LogP contribution in [0.2, 0.25) is 0 Å². The lowest BCUT2D eigenvalue weighted by molar-refractivity contribution is -0.172. The van der Waals surface area contributed by atoms with Gasteiger partial charge in [0, 0.05) is 12.0 Å². The zero-order valence-corrected chi connectivity index (χ0v) is 16.4. The van der Waals surface area contributed by atoms with E-state index in [4.69, 9.17) is 23.7 Å². The Morgan fingerprint density at radius 3 is 2.57 bits per heavy atom. The number of rotatable bonds is 6. The number of hydrogen-bond donors (Lipinski definition) is 0. The van der Waals surface area contributed by atoms with Gasteiger partial charge in [0.05, 0.1) is 0 Å². The average Bonchev–Trinajstić information content (AvgIpc) is 3.31. The molecule has 3 saturated heterocycles. The van der Waals surface area contributed by atoms with Crippen LogP contribution in [0, 0.1) is 11.8 Å². The lowest BCUT2D eigenvalue weighted by atomic mass is 9.78. The summed E-state index contributed by atoms with van der Waals surface area (Å²) in [5.41, 5.74) is 0.124. The van der Waals surface area contributed by atoms with Gasteiger partial charge in [-0.05, 0) is 26.2 Å². The van der Waals surface area contributed by atoms with Crippen molar-refractivity contribution in [2.45, 2.75) is 63.1 Å². The van der Waals surface area contributed by atoms with Crippen LogP contribution < -0.4 is 0 Å². The normalized spacial score (nSPS) is 36.2. The molecule has 4 aliphatic rings. The molecule has 7 atom stereocenters. The minimum Gasteiger partial charge on any atom is -0.455 e. The number of ketones is 1. The summed E-state index contributed by atoms with van der Waals surface area (Å²) in [6.07, 6.45) is -2.06. The number of carbonyl (C=O) groups excluding carboxylic acids is 5. The largest absolute Gasteiger partial charge is 0.455 e. The van der Waals surface area contributed by atoms with E-state index >= 15 is 0 Å². The molecule has 162 valence electrons. The van der Waals surface area contributed by atoms with Crippen molar-refractivity contribution in [3.63, 3.8) is 0 Å². The Morgan fingerprint density at radius 1 is 1.10 bits per heavy atom. The molecule has 3 heterocycles. The SMILES string of the molecule is C=C(C)C(=O)OCC(=O)OC1C2OC(=O)C3C2OC1C3C(=O)OC1CCCCC1=O. The van der Waals surface area contributed by atoms with Gasteiger partial charge in [0.2, 0.25) is 0 Å². The van der Waals surface area contributed by atoms with Crippen molar-refractivity contribution in [3.8, 4) is 0 Å². The summed E-state index contributed by atoms with van der Waals surface area (Å²) in [5.74, 6) is -5.03. The lowest BCUT2D eigenvalue weighted by Gasteiger charge is -2.29. The third kappa shape index (κ3) is 3.49. The third-order valence-corrected chi connectivity index (χ3v) is 5.87. The molecule has 1 saturated carbocycles. The van der Waals surface area contributed by atoms with Gasteiger partial charge in [-0.15, -0.1) is 0 Å². The molecule has 4 fully saturated rings. The molecular formula is C20H22O10. The van der Waals surface area contributed by atoms with Crippen molar-refractivity contribution in [1.82, 2.24) is 0 Å². The van der Waals surface area contributed by atoms with Crippen LogP contribution in [0.3, 0.4) is 0 Å². The van der Waals surface area contributed by atoms with E-state index in [2.05, 4.69) is 6.58 Å². The van der Waals surface area contributed by atoms with Crippen LogP contribution in [0.5, 0.6) is 0 Å². The molecule has 0 N–H and O–H groups in total. The first-order valence-corrected chi connectivity index (χ1v) is 9.89. The Kier molecular flexibility index (Phi) is 5.35. The topological polar surface area (TPSA) is 132 Å². The van der Waals surface area contributed by atoms with Crippen LogP contribution in [-0.4, -0.2) is 66.8 Å². The van der Waals surface area contributed by atoms with E-state index in [1.807, 2.05) is 0 Å². The molecule has 3 aliphatic heterocycles. The first kappa shape index (κ1) is 20.5. The van der Waals surface area contributed by atoms with Gasteiger partial charge in [0.25, 0.3) is 0 Å². The fourth-order valence-corrected chi connectivity index (χ4v) is 4.47. The molecule has 2 bridgehead atoms. The van der Waals surface area contributed by atoms with Crippen molar-refractivity contribution < 1.29 is 47.7 Å². The number of fused-ring (bicyclic) bond motifs is 1. The molecule has 0 amide bonds. The molecule has 30 heavy (non-hydrogen) atoms. The smallest absolute Gasteiger partial charge is 0.344 e. The van der Waals surface area contributed by atoms with Crippen LogP contribution in [0.25, 0.3) is 0 Å². The number of ether oxygens (including phenoxy) is 5. The highest BCUT2D eigenvalue weighted by atomic mass is 16.7. The lowest BCUT2D eigenvalue weighted by Crippen LogP contribution is -2.49. The molecule has 10 nitrogen and oxygen atoms in total. The van der Waals surface area contributed by atoms with Crippen molar-refractivity contribution >= 4 is 29.7 Å². The minimum absolute atomic E-state index is 0.124. The second kappa shape index (κ2) is 7.82. The summed E-state index contributed by atoms with van der Waals surface area (Å²) >= 11 is 0. The Bertz CT molecular complexity index is 816. The number of esters is 4. The van der Waals surface area contributed by atoms with Crippen LogP contribution >= 0.6 is 0 Å². The number of carbonyl (C=O) groups is 5. The maximum absolute atomic E-state index is 12.8. The van der Waals surface area contributed by atoms with Crippen molar-refractivity contribution in [1.29, 1.82) is 0 Å². The molecule has 10 heteroatoms. The summed E-state index contributed by atoms with van der Waals surface area (Å²) < 4.78 is 26.5. The van der Waals surface area contributed by atoms with E-state index in [-0.39, 0.29) is 11.4 Å². The second-order valence-electron chi connectivity index (χ2n) is 7.97. The Balaban J connectivity index is 1.43. The van der Waals surface area contributed by atoms with Crippen LogP contribution in [0.1, 0.15) is 32.6 Å². The predicted molar refractivity (Wildman–Crippen MR) is 94.5 cm³/mol. The van der Waals surface area contributed by atoms with Crippen molar-refractivity contribution in [2.24, 2.45) is 11.8 Å². The monoisotopic (exact) mass is 422 g/mol. The van der Waals surface area contributed by atoms with E-state index in [1.54, 1.807) is 0 Å². The van der Waals surface area contributed by atoms with Crippen LogP contribution in [0.4, 0.5) is 0 Å². The molecule has 4 rings (SSSR count). The molecule has 0 aromatic heterocycles. The Labute approximate surface area is 171 Å². The van der Waals surface area contributed by atoms with E-state index in [0.717, 1.165) is 12.8 Å². The highest BCUT2D eigenvalue weighted by Crippen LogP contribution is 2.51. The molecular weight excluding hydrogens is 400 g/mol. The predicted octanol–water partition coefficient (Wildman–Crippen LogP) is 0.0112. The van der Waals surface area contributed by atoms with E-state index in [9.17, 15) is 24.0 Å². The van der Waals surface area contributed by atoms with Gasteiger partial charge in [0.15, 0.2) is 30.7 Å². The van der Waals surface area contributed by atoms with Crippen molar-refractivity contribution in [2.75, 3.05) is 6.61 Å². The van der Waals surface area contributed by atoms with Gasteiger partial charge in [-0.25, -0.2) is 9.59 Å². The summed E-state index contributed by atoms with van der Waals surface area (Å²) in [4.78, 5) is 60.6. The van der Waals surface area contributed by atoms with Crippen molar-refractivity contribution in [3.05, 3.63) is 12.2 Å². The fraction of sp³-hybridized carbons (Fsp3) is 0.650. The zero-order chi connectivity index (χ0) is 21.6. The van der Waals surface area contributed by atoms with Gasteiger partial charge in [-0.3, -0.25) is 14.4 Å². The fourth-order valence-electron chi connectivity index (χ4n) is 4.47. The quantitative estimate of drug-likeness (QED) is 0.328. The maximum Gasteiger partial charge on any atom is 0.344 e. The molecule has 7 unspecified atom stereocenters. The summed E-state index contributed by atoms with van der Waals surface area (Å²) in [7, 11) is 0. The highest BCUT2D eigenvalue weighted by molar-refractivity contribution is 5.90. The Hall–Kier alpha value is -2.75. The minimum atomic E-state index is -1.04. The van der Waals surface area contributed by atoms with Gasteiger partial charge in [0.1, 0.15) is 24.0 Å². The van der Waals surface area contributed by atoms with Gasteiger partial charge in [-0.1, -0.05) is 6.58 Å². The second-order valence-corrected chi connectivity index (χ2v) is 7.97. The molecule has 0 aromatic rings. The maximum atomic E-state index is 12.8. The highest BCUT2D eigenvalue weighted by Gasteiger charge is 2.72. The van der Waals surface area contributed by atoms with Gasteiger partial charge < -0.3 is 23.7 Å². The number of Topliss-reactive ketones (excluding diaryl/α,β-unsaturated/α-hetero) is 1. The summed E-state index contributed by atoms with van der Waals surface area (Å²) in [5, 5.41) is 0. The first-order chi connectivity index (χ1) is 14.3. The summed E-state index contributed by atoms with van der Waals surface area (Å²) in [6.45, 7) is 4.19. The molecule has 0 radical (unpaired) electrons. The standard InChI is InChI=1S/C20H22O10/c1-8(2)18(23)26-7-11(22)28-16-14-12(13-15(29-14)17(16)30-20(13)25)19(24)27-10-6-4-3-5-9(10)21/h10,12-17H,1,3-7H2,2H3. The molecule has 0 aromatic carbocycles. The van der Waals surface area contributed by atoms with Gasteiger partial charge >= 0.3 is 23.9 Å². The molecule has 1 aliphatic carbocycles. The molecule has 0 spiro atoms. The number of hydrogen-bond acceptors (Lipinski definition) is 10. The van der Waals surface area contributed by atoms with E-state index < -0.39 is 72.8 Å². The van der Waals surface area contributed by atoms with Crippen LogP contribution in [-0.2, 0) is 47.7 Å². The zero-order valence-electron chi connectivity index (χ0n) is 16.4. The third-order valence-electron chi connectivity index (χ3n) is 5.87. The van der Waals surface area contributed by atoms with Crippen LogP contribution in [0.15, 0.2) is 12.2 Å². The average molecular weight is 422 g/mol. The summed E-state index contributed by atoms with van der Waals surface area (Å²) in [6, 6.07) is 0. The van der Waals surface area contributed by atoms with Gasteiger partial charge in [-0.2, -0.15) is 0 Å². The Morgan fingerprint density at radius 2 is 1.87 bits per heavy atom. The first-order valence-electron chi connectivity index (χ1n) is 9.89.